The maximum Gasteiger partial charge on any atom is 0.319 e. The van der Waals surface area contributed by atoms with E-state index in [0.29, 0.717) is 17.1 Å². The van der Waals surface area contributed by atoms with Crippen molar-refractivity contribution in [3.63, 3.8) is 0 Å². The van der Waals surface area contributed by atoms with Gasteiger partial charge in [0.2, 0.25) is 0 Å². The molecule has 24 heavy (non-hydrogen) atoms. The number of urea groups is 1. The number of hydrogen-bond donors (Lipinski definition) is 2. The summed E-state index contributed by atoms with van der Waals surface area (Å²) >= 11 is 13.5. The van der Waals surface area contributed by atoms with E-state index in [1.54, 1.807) is 24.3 Å². The number of nitrogens with one attached hydrogen (secondary N) is 2. The van der Waals surface area contributed by atoms with Gasteiger partial charge < -0.3 is 10.6 Å². The van der Waals surface area contributed by atoms with Gasteiger partial charge in [-0.1, -0.05) is 35.0 Å². The highest BCUT2D eigenvalue weighted by Crippen LogP contribution is 2.41. The SMILES string of the molecule is CCNC(=O)Nc1ccc(Sc2c(Cl)cc([N+](=O)[O-])cc2Cl)cc1. The molecule has 0 aliphatic rings. The fourth-order valence-corrected chi connectivity index (χ4v) is 3.34. The van der Waals surface area contributed by atoms with Gasteiger partial charge in [0.15, 0.2) is 0 Å². The van der Waals surface area contributed by atoms with Gasteiger partial charge >= 0.3 is 6.03 Å². The summed E-state index contributed by atoms with van der Waals surface area (Å²) in [6.45, 7) is 2.37. The van der Waals surface area contributed by atoms with Crippen LogP contribution in [0.2, 0.25) is 10.0 Å². The molecule has 0 spiro atoms. The summed E-state index contributed by atoms with van der Waals surface area (Å²) in [7, 11) is 0. The number of carbonyl (C=O) groups is 1. The summed E-state index contributed by atoms with van der Waals surface area (Å²) in [5, 5.41) is 16.5. The topological polar surface area (TPSA) is 84.3 Å². The molecule has 0 heterocycles. The lowest BCUT2D eigenvalue weighted by Crippen LogP contribution is -2.28. The zero-order valence-electron chi connectivity index (χ0n) is 12.5. The van der Waals surface area contributed by atoms with Crippen molar-refractivity contribution in [1.29, 1.82) is 0 Å². The van der Waals surface area contributed by atoms with Crippen LogP contribution in [0, 0.1) is 10.1 Å². The Kier molecular flexibility index (Phi) is 6.30. The molecule has 2 N–H and O–H groups in total. The summed E-state index contributed by atoms with van der Waals surface area (Å²) in [6, 6.07) is 9.32. The van der Waals surface area contributed by atoms with Crippen molar-refractivity contribution >= 4 is 52.4 Å². The Bertz CT molecular complexity index is 746. The predicted molar refractivity (Wildman–Crippen MR) is 96.4 cm³/mol. The lowest BCUT2D eigenvalue weighted by atomic mass is 10.3. The second-order valence-corrected chi connectivity index (χ2v) is 6.50. The van der Waals surface area contributed by atoms with Gasteiger partial charge in [-0.25, -0.2) is 4.79 Å². The zero-order valence-corrected chi connectivity index (χ0v) is 14.8. The maximum absolute atomic E-state index is 11.4. The van der Waals surface area contributed by atoms with E-state index < -0.39 is 4.92 Å². The number of carbonyl (C=O) groups excluding carboxylic acids is 1. The molecule has 126 valence electrons. The predicted octanol–water partition coefficient (Wildman–Crippen LogP) is 5.19. The molecular formula is C15H13Cl2N3O3S. The van der Waals surface area contributed by atoms with E-state index >= 15 is 0 Å². The van der Waals surface area contributed by atoms with Gasteiger partial charge in [-0.3, -0.25) is 10.1 Å². The summed E-state index contributed by atoms with van der Waals surface area (Å²) in [5.74, 6) is 0. The Morgan fingerprint density at radius 3 is 2.29 bits per heavy atom. The van der Waals surface area contributed by atoms with Gasteiger partial charge in [0.05, 0.1) is 15.0 Å². The lowest BCUT2D eigenvalue weighted by Gasteiger charge is -2.09. The highest BCUT2D eigenvalue weighted by atomic mass is 35.5. The van der Waals surface area contributed by atoms with Crippen LogP contribution in [0.3, 0.4) is 0 Å². The van der Waals surface area contributed by atoms with Crippen molar-refractivity contribution in [2.24, 2.45) is 0 Å². The average Bonchev–Trinajstić information content (AvgIpc) is 2.52. The van der Waals surface area contributed by atoms with Crippen LogP contribution in [-0.2, 0) is 0 Å². The molecular weight excluding hydrogens is 373 g/mol. The second-order valence-electron chi connectivity index (χ2n) is 4.61. The third-order valence-electron chi connectivity index (χ3n) is 2.86. The normalized spacial score (nSPS) is 10.3. The van der Waals surface area contributed by atoms with Gasteiger partial charge in [-0.05, 0) is 31.2 Å². The number of rotatable bonds is 5. The first-order valence-corrected chi connectivity index (χ1v) is 8.44. The summed E-state index contributed by atoms with van der Waals surface area (Å²) < 4.78 is 0. The first kappa shape index (κ1) is 18.4. The van der Waals surface area contributed by atoms with Crippen LogP contribution in [0.15, 0.2) is 46.2 Å². The number of halogens is 2. The first-order valence-electron chi connectivity index (χ1n) is 6.87. The van der Waals surface area contributed by atoms with Gasteiger partial charge in [0, 0.05) is 34.2 Å². The molecule has 0 fully saturated rings. The van der Waals surface area contributed by atoms with Gasteiger partial charge in [-0.15, -0.1) is 0 Å². The number of anilines is 1. The monoisotopic (exact) mass is 385 g/mol. The Labute approximate surface area is 152 Å². The number of nitro benzene ring substituents is 1. The van der Waals surface area contributed by atoms with Crippen molar-refractivity contribution in [2.45, 2.75) is 16.7 Å². The first-order chi connectivity index (χ1) is 11.4. The number of benzene rings is 2. The second kappa shape index (κ2) is 8.23. The Morgan fingerprint density at radius 2 is 1.79 bits per heavy atom. The third-order valence-corrected chi connectivity index (χ3v) is 4.84. The van der Waals surface area contributed by atoms with Crippen LogP contribution in [0.4, 0.5) is 16.2 Å². The number of hydrogen-bond acceptors (Lipinski definition) is 4. The Balaban J connectivity index is 2.14. The Hall–Kier alpha value is -1.96. The standard InChI is InChI=1S/C15H13Cl2N3O3S/c1-2-18-15(21)19-9-3-5-11(6-4-9)24-14-12(16)7-10(20(22)23)8-13(14)17/h3-8H,2H2,1H3,(H2,18,19,21). The van der Waals surface area contributed by atoms with Crippen LogP contribution in [0.5, 0.6) is 0 Å². The van der Waals surface area contributed by atoms with E-state index in [0.717, 1.165) is 4.90 Å². The van der Waals surface area contributed by atoms with Gasteiger partial charge in [0.1, 0.15) is 0 Å². The maximum atomic E-state index is 11.4. The molecule has 2 rings (SSSR count). The Morgan fingerprint density at radius 1 is 1.21 bits per heavy atom. The fraction of sp³-hybridized carbons (Fsp3) is 0.133. The van der Waals surface area contributed by atoms with Crippen molar-refractivity contribution in [2.75, 3.05) is 11.9 Å². The van der Waals surface area contributed by atoms with E-state index in [2.05, 4.69) is 10.6 Å². The minimum Gasteiger partial charge on any atom is -0.338 e. The fourth-order valence-electron chi connectivity index (χ4n) is 1.81. The average molecular weight is 386 g/mol. The van der Waals surface area contributed by atoms with Crippen LogP contribution < -0.4 is 10.6 Å². The van der Waals surface area contributed by atoms with E-state index in [-0.39, 0.29) is 21.8 Å². The molecule has 0 aliphatic heterocycles. The molecule has 0 saturated heterocycles. The lowest BCUT2D eigenvalue weighted by molar-refractivity contribution is -0.384. The van der Waals surface area contributed by atoms with Gasteiger partial charge in [0.25, 0.3) is 5.69 Å². The number of nitro groups is 1. The molecule has 2 aromatic carbocycles. The molecule has 9 heteroatoms. The molecule has 6 nitrogen and oxygen atoms in total. The van der Waals surface area contributed by atoms with Crippen LogP contribution >= 0.6 is 35.0 Å². The molecule has 2 amide bonds. The summed E-state index contributed by atoms with van der Waals surface area (Å²) in [6.07, 6.45) is 0. The van der Waals surface area contributed by atoms with Crippen LogP contribution in [-0.4, -0.2) is 17.5 Å². The van der Waals surface area contributed by atoms with Gasteiger partial charge in [-0.2, -0.15) is 0 Å². The minimum atomic E-state index is -0.548. The zero-order chi connectivity index (χ0) is 17.7. The third kappa shape index (κ3) is 4.77. The molecule has 0 radical (unpaired) electrons. The molecule has 0 bridgehead atoms. The number of nitrogens with zero attached hydrogens (tertiary/aromatic N) is 1. The smallest absolute Gasteiger partial charge is 0.319 e. The number of non-ortho nitro benzene ring substituents is 1. The molecule has 0 aromatic heterocycles. The molecule has 0 aliphatic carbocycles. The quantitative estimate of drug-likeness (QED) is 0.547. The van der Waals surface area contributed by atoms with Crippen molar-refractivity contribution < 1.29 is 9.72 Å². The molecule has 0 atom stereocenters. The summed E-state index contributed by atoms with van der Waals surface area (Å²) in [4.78, 5) is 23.1. The van der Waals surface area contributed by atoms with Crippen molar-refractivity contribution in [3.05, 3.63) is 56.6 Å². The number of amides is 2. The largest absolute Gasteiger partial charge is 0.338 e. The highest BCUT2D eigenvalue weighted by Gasteiger charge is 2.15. The van der Waals surface area contributed by atoms with Crippen molar-refractivity contribution in [3.8, 4) is 0 Å². The van der Waals surface area contributed by atoms with E-state index in [1.807, 2.05) is 6.92 Å². The van der Waals surface area contributed by atoms with E-state index in [4.69, 9.17) is 23.2 Å². The van der Waals surface area contributed by atoms with Crippen LogP contribution in [0.1, 0.15) is 6.92 Å². The van der Waals surface area contributed by atoms with E-state index in [9.17, 15) is 14.9 Å². The molecule has 0 saturated carbocycles. The summed E-state index contributed by atoms with van der Waals surface area (Å²) in [5.41, 5.74) is 0.488. The van der Waals surface area contributed by atoms with Crippen LogP contribution in [0.25, 0.3) is 0 Å². The minimum absolute atomic E-state index is 0.157. The molecule has 2 aromatic rings. The highest BCUT2D eigenvalue weighted by molar-refractivity contribution is 7.99. The molecule has 0 unspecified atom stereocenters. The van der Waals surface area contributed by atoms with E-state index in [1.165, 1.54) is 23.9 Å². The van der Waals surface area contributed by atoms with Crippen molar-refractivity contribution in [1.82, 2.24) is 5.32 Å².